The van der Waals surface area contributed by atoms with E-state index in [2.05, 4.69) is 34.4 Å². The third kappa shape index (κ3) is 4.71. The Kier molecular flexibility index (Phi) is 6.08. The molecule has 1 heterocycles. The molecule has 8 nitrogen and oxygen atoms in total. The summed E-state index contributed by atoms with van der Waals surface area (Å²) in [7, 11) is 2.06. The smallest absolute Gasteiger partial charge is 0.409 e. The van der Waals surface area contributed by atoms with Crippen molar-refractivity contribution in [3.8, 4) is 0 Å². The van der Waals surface area contributed by atoms with Gasteiger partial charge in [0.1, 0.15) is 0 Å². The highest BCUT2D eigenvalue weighted by molar-refractivity contribution is 6.06. The lowest BCUT2D eigenvalue weighted by Crippen LogP contribution is -2.44. The van der Waals surface area contributed by atoms with E-state index >= 15 is 0 Å². The number of hydrogen-bond donors (Lipinski definition) is 4. The molecule has 2 aromatic carbocycles. The normalized spacial score (nSPS) is 23.0. The minimum absolute atomic E-state index is 0.0934. The molecule has 0 aromatic heterocycles. The van der Waals surface area contributed by atoms with Gasteiger partial charge in [0.05, 0.1) is 11.4 Å². The molecule has 0 spiro atoms. The molecule has 2 fully saturated rings. The van der Waals surface area contributed by atoms with Crippen molar-refractivity contribution in [1.29, 1.82) is 0 Å². The number of rotatable bonds is 6. The summed E-state index contributed by atoms with van der Waals surface area (Å²) in [5, 5.41) is 14.6. The SMILES string of the molecule is CCC1(N)CC1c1ccc(NC(=O)c2ccc(N3CCN(C)CC3)c(NC(=O)O)c2)cc1. The van der Waals surface area contributed by atoms with Crippen LogP contribution in [0.25, 0.3) is 0 Å². The zero-order valence-electron chi connectivity index (χ0n) is 18.6. The molecule has 5 N–H and O–H groups in total. The molecule has 1 saturated heterocycles. The molecule has 2 aliphatic rings. The van der Waals surface area contributed by atoms with Crippen molar-refractivity contribution in [2.24, 2.45) is 5.73 Å². The van der Waals surface area contributed by atoms with Crippen LogP contribution in [-0.4, -0.2) is 60.8 Å². The second-order valence-electron chi connectivity index (χ2n) is 8.87. The van der Waals surface area contributed by atoms with E-state index in [1.54, 1.807) is 12.1 Å². The summed E-state index contributed by atoms with van der Waals surface area (Å²) in [4.78, 5) is 28.5. The fourth-order valence-corrected chi connectivity index (χ4v) is 4.38. The van der Waals surface area contributed by atoms with Crippen LogP contribution in [0, 0.1) is 0 Å². The minimum atomic E-state index is -1.16. The molecule has 2 unspecified atom stereocenters. The molecule has 8 heteroatoms. The molecule has 2 atom stereocenters. The second-order valence-corrected chi connectivity index (χ2v) is 8.87. The van der Waals surface area contributed by atoms with Crippen molar-refractivity contribution in [1.82, 2.24) is 4.90 Å². The lowest BCUT2D eigenvalue weighted by atomic mass is 10.0. The van der Waals surface area contributed by atoms with E-state index in [0.29, 0.717) is 22.9 Å². The number of carbonyl (C=O) groups is 2. The van der Waals surface area contributed by atoms with Gasteiger partial charge in [0.15, 0.2) is 0 Å². The van der Waals surface area contributed by atoms with Gasteiger partial charge >= 0.3 is 6.09 Å². The van der Waals surface area contributed by atoms with Gasteiger partial charge < -0.3 is 26.0 Å². The Morgan fingerprint density at radius 3 is 2.38 bits per heavy atom. The van der Waals surface area contributed by atoms with Gasteiger partial charge in [0, 0.05) is 48.9 Å². The van der Waals surface area contributed by atoms with Crippen molar-refractivity contribution in [3.05, 3.63) is 53.6 Å². The van der Waals surface area contributed by atoms with Crippen LogP contribution in [0.5, 0.6) is 0 Å². The van der Waals surface area contributed by atoms with Crippen LogP contribution in [0.1, 0.15) is 41.6 Å². The fraction of sp³-hybridized carbons (Fsp3) is 0.417. The van der Waals surface area contributed by atoms with Gasteiger partial charge in [0.25, 0.3) is 5.91 Å². The number of nitrogens with zero attached hydrogens (tertiary/aromatic N) is 2. The van der Waals surface area contributed by atoms with E-state index in [1.807, 2.05) is 30.3 Å². The zero-order valence-corrected chi connectivity index (χ0v) is 18.6. The Morgan fingerprint density at radius 2 is 1.78 bits per heavy atom. The highest BCUT2D eigenvalue weighted by Gasteiger charge is 2.49. The molecule has 2 amide bonds. The van der Waals surface area contributed by atoms with Gasteiger partial charge in [-0.15, -0.1) is 0 Å². The highest BCUT2D eigenvalue weighted by atomic mass is 16.4. The van der Waals surface area contributed by atoms with Crippen molar-refractivity contribution in [2.45, 2.75) is 31.2 Å². The van der Waals surface area contributed by atoms with Gasteiger partial charge in [-0.2, -0.15) is 0 Å². The number of benzene rings is 2. The number of hydrogen-bond acceptors (Lipinski definition) is 5. The quantitative estimate of drug-likeness (QED) is 0.551. The van der Waals surface area contributed by atoms with E-state index < -0.39 is 6.09 Å². The summed E-state index contributed by atoms with van der Waals surface area (Å²) in [6.07, 6.45) is 0.790. The fourth-order valence-electron chi connectivity index (χ4n) is 4.38. The van der Waals surface area contributed by atoms with Gasteiger partial charge in [-0.1, -0.05) is 19.1 Å². The van der Waals surface area contributed by atoms with Gasteiger partial charge in [-0.3, -0.25) is 10.1 Å². The Bertz CT molecular complexity index is 1000. The van der Waals surface area contributed by atoms with E-state index in [0.717, 1.165) is 44.7 Å². The first-order valence-corrected chi connectivity index (χ1v) is 11.1. The lowest BCUT2D eigenvalue weighted by molar-refractivity contribution is 0.102. The number of nitrogens with one attached hydrogen (secondary N) is 2. The number of carboxylic acid groups (broad SMARTS) is 1. The summed E-state index contributed by atoms with van der Waals surface area (Å²) < 4.78 is 0. The number of amides is 2. The number of likely N-dealkylation sites (N-methyl/N-ethyl adjacent to an activating group) is 1. The van der Waals surface area contributed by atoms with Crippen LogP contribution >= 0.6 is 0 Å². The number of anilines is 3. The maximum atomic E-state index is 12.8. The number of nitrogens with two attached hydrogens (primary N) is 1. The van der Waals surface area contributed by atoms with Gasteiger partial charge in [0.2, 0.25) is 0 Å². The molecule has 2 aromatic rings. The van der Waals surface area contributed by atoms with Crippen molar-refractivity contribution < 1.29 is 14.7 Å². The molecule has 1 saturated carbocycles. The highest BCUT2D eigenvalue weighted by Crippen LogP contribution is 2.51. The Hall–Kier alpha value is -3.10. The summed E-state index contributed by atoms with van der Waals surface area (Å²) >= 11 is 0. The average Bonchev–Trinajstić information content (AvgIpc) is 3.46. The standard InChI is InChI=1S/C24H31N5O3/c1-3-24(25)15-19(24)16-4-7-18(8-5-16)26-22(30)17-6-9-21(20(14-17)27-23(31)32)29-12-10-28(2)11-13-29/h4-9,14,19,27H,3,10-13,15,25H2,1-2H3,(H,26,30)(H,31,32). The Morgan fingerprint density at radius 1 is 1.09 bits per heavy atom. The van der Waals surface area contributed by atoms with Crippen molar-refractivity contribution >= 4 is 29.1 Å². The Labute approximate surface area is 188 Å². The summed E-state index contributed by atoms with van der Waals surface area (Å²) in [5.41, 5.74) is 9.69. The zero-order chi connectivity index (χ0) is 22.9. The molecule has 0 radical (unpaired) electrons. The largest absolute Gasteiger partial charge is 0.465 e. The van der Waals surface area contributed by atoms with Gasteiger partial charge in [-0.25, -0.2) is 4.79 Å². The van der Waals surface area contributed by atoms with Gasteiger partial charge in [-0.05, 0) is 55.8 Å². The minimum Gasteiger partial charge on any atom is -0.465 e. The maximum Gasteiger partial charge on any atom is 0.409 e. The molecule has 170 valence electrons. The summed E-state index contributed by atoms with van der Waals surface area (Å²) in [6.45, 7) is 5.50. The van der Waals surface area contributed by atoms with E-state index in [-0.39, 0.29) is 11.4 Å². The Balaban J connectivity index is 1.48. The molecular formula is C24H31N5O3. The number of carbonyl (C=O) groups excluding carboxylic acids is 1. The molecular weight excluding hydrogens is 406 g/mol. The molecule has 0 bridgehead atoms. The predicted octanol–water partition coefficient (Wildman–Crippen LogP) is 3.38. The summed E-state index contributed by atoms with van der Waals surface area (Å²) in [6, 6.07) is 12.9. The molecule has 32 heavy (non-hydrogen) atoms. The first-order chi connectivity index (χ1) is 15.3. The van der Waals surface area contributed by atoms with Crippen LogP contribution < -0.4 is 21.3 Å². The molecule has 1 aliphatic carbocycles. The van der Waals surface area contributed by atoms with Crippen LogP contribution in [0.2, 0.25) is 0 Å². The van der Waals surface area contributed by atoms with E-state index in [1.165, 1.54) is 5.56 Å². The van der Waals surface area contributed by atoms with Crippen molar-refractivity contribution in [3.63, 3.8) is 0 Å². The topological polar surface area (TPSA) is 111 Å². The average molecular weight is 438 g/mol. The monoisotopic (exact) mass is 437 g/mol. The van der Waals surface area contributed by atoms with E-state index in [4.69, 9.17) is 5.73 Å². The van der Waals surface area contributed by atoms with Crippen LogP contribution in [0.4, 0.5) is 21.9 Å². The number of piperazine rings is 1. The predicted molar refractivity (Wildman–Crippen MR) is 127 cm³/mol. The molecule has 1 aliphatic heterocycles. The summed E-state index contributed by atoms with van der Waals surface area (Å²) in [5.74, 6) is 0.0910. The third-order valence-electron chi connectivity index (χ3n) is 6.69. The lowest BCUT2D eigenvalue weighted by Gasteiger charge is -2.35. The first kappa shape index (κ1) is 22.1. The van der Waals surface area contributed by atoms with Crippen LogP contribution in [-0.2, 0) is 0 Å². The van der Waals surface area contributed by atoms with Crippen molar-refractivity contribution in [2.75, 3.05) is 48.8 Å². The second kappa shape index (κ2) is 8.80. The molecule has 4 rings (SSSR count). The van der Waals surface area contributed by atoms with Crippen LogP contribution in [0.15, 0.2) is 42.5 Å². The third-order valence-corrected chi connectivity index (χ3v) is 6.69. The maximum absolute atomic E-state index is 12.8. The van der Waals surface area contributed by atoms with Crippen LogP contribution in [0.3, 0.4) is 0 Å². The van der Waals surface area contributed by atoms with E-state index in [9.17, 15) is 14.7 Å². The first-order valence-electron chi connectivity index (χ1n) is 11.1.